The Morgan fingerprint density at radius 2 is 2.03 bits per heavy atom. The molecule has 4 rings (SSSR count). The number of ether oxygens (including phenoxy) is 1. The van der Waals surface area contributed by atoms with Crippen molar-refractivity contribution in [3.8, 4) is 11.6 Å². The minimum Gasteiger partial charge on any atom is -0.476 e. The molecule has 1 fully saturated rings. The molecule has 0 N–H and O–H groups in total. The molecule has 0 spiro atoms. The zero-order valence-electron chi connectivity index (χ0n) is 15.8. The molecule has 0 aliphatic carbocycles. The number of carbonyl (C=O) groups excluding carboxylic acids is 1. The van der Waals surface area contributed by atoms with Gasteiger partial charge in [-0.25, -0.2) is 9.37 Å². The molecule has 2 aromatic heterocycles. The number of thioether (sulfide) groups is 1. The Balaban J connectivity index is 1.47. The van der Waals surface area contributed by atoms with Crippen molar-refractivity contribution in [3.05, 3.63) is 66.4 Å². The second kappa shape index (κ2) is 8.60. The Bertz CT molecular complexity index is 967. The van der Waals surface area contributed by atoms with Crippen LogP contribution in [0.2, 0.25) is 0 Å². The predicted octanol–water partition coefficient (Wildman–Crippen LogP) is 2.83. The summed E-state index contributed by atoms with van der Waals surface area (Å²) in [6.07, 6.45) is 4.29. The number of benzene rings is 1. The number of amides is 1. The summed E-state index contributed by atoms with van der Waals surface area (Å²) in [5, 5.41) is 8.40. The Labute approximate surface area is 171 Å². The first-order chi connectivity index (χ1) is 14.1. The van der Waals surface area contributed by atoms with Crippen molar-refractivity contribution in [1.82, 2.24) is 24.9 Å². The van der Waals surface area contributed by atoms with Gasteiger partial charge in [0.05, 0.1) is 35.1 Å². The zero-order chi connectivity index (χ0) is 20.2. The lowest BCUT2D eigenvalue weighted by molar-refractivity contribution is 0.0692. The Morgan fingerprint density at radius 1 is 1.24 bits per heavy atom. The molecule has 1 aliphatic rings. The standard InChI is InChI=1S/C20H20FN5O2S/c1-14-13-29-16(12-28-19-7-6-15(21)10-22-19)11-25(14)20(27)17-4-2-3-5-18(17)26-23-8-9-24-26/h2-10,14,16H,11-13H2,1H3/t14-,16-/m1/s1. The molecule has 0 radical (unpaired) electrons. The van der Waals surface area contributed by atoms with E-state index in [1.54, 1.807) is 30.2 Å². The molecule has 1 aromatic carbocycles. The maximum atomic E-state index is 13.3. The van der Waals surface area contributed by atoms with Gasteiger partial charge in [0.2, 0.25) is 5.88 Å². The van der Waals surface area contributed by atoms with Crippen LogP contribution in [0.1, 0.15) is 17.3 Å². The molecular formula is C20H20FN5O2S. The first-order valence-corrected chi connectivity index (χ1v) is 10.3. The molecule has 1 amide bonds. The van der Waals surface area contributed by atoms with Gasteiger partial charge in [-0.3, -0.25) is 4.79 Å². The fourth-order valence-corrected chi connectivity index (χ4v) is 4.31. The van der Waals surface area contributed by atoms with Crippen molar-refractivity contribution < 1.29 is 13.9 Å². The highest BCUT2D eigenvalue weighted by Gasteiger charge is 2.31. The Morgan fingerprint density at radius 3 is 2.79 bits per heavy atom. The molecule has 9 heteroatoms. The summed E-state index contributed by atoms with van der Waals surface area (Å²) in [5.41, 5.74) is 1.21. The molecule has 150 valence electrons. The molecule has 29 heavy (non-hydrogen) atoms. The van der Waals surface area contributed by atoms with E-state index in [-0.39, 0.29) is 17.2 Å². The summed E-state index contributed by atoms with van der Waals surface area (Å²) >= 11 is 1.76. The van der Waals surface area contributed by atoms with E-state index in [1.807, 2.05) is 30.0 Å². The van der Waals surface area contributed by atoms with Crippen molar-refractivity contribution in [2.24, 2.45) is 0 Å². The van der Waals surface area contributed by atoms with Crippen LogP contribution in [0.15, 0.2) is 55.0 Å². The second-order valence-corrected chi connectivity index (χ2v) is 8.06. The van der Waals surface area contributed by atoms with Gasteiger partial charge in [0.15, 0.2) is 0 Å². The highest BCUT2D eigenvalue weighted by atomic mass is 32.2. The van der Waals surface area contributed by atoms with Gasteiger partial charge in [-0.2, -0.15) is 26.8 Å². The van der Waals surface area contributed by atoms with Gasteiger partial charge in [0, 0.05) is 24.4 Å². The number of hydrogen-bond acceptors (Lipinski definition) is 6. The lowest BCUT2D eigenvalue weighted by Gasteiger charge is -2.37. The van der Waals surface area contributed by atoms with Crippen LogP contribution in [0.25, 0.3) is 5.69 Å². The lowest BCUT2D eigenvalue weighted by Crippen LogP contribution is -2.49. The van der Waals surface area contributed by atoms with Gasteiger partial charge < -0.3 is 9.64 Å². The molecule has 2 atom stereocenters. The fourth-order valence-electron chi connectivity index (χ4n) is 3.15. The van der Waals surface area contributed by atoms with Crippen LogP contribution in [0.5, 0.6) is 5.88 Å². The van der Waals surface area contributed by atoms with Gasteiger partial charge in [0.25, 0.3) is 5.91 Å². The van der Waals surface area contributed by atoms with Crippen molar-refractivity contribution in [2.45, 2.75) is 18.2 Å². The normalized spacial score (nSPS) is 19.2. The van der Waals surface area contributed by atoms with E-state index in [0.29, 0.717) is 30.3 Å². The Hall–Kier alpha value is -2.94. The number of rotatable bonds is 5. The SMILES string of the molecule is C[C@@H]1CS[C@@H](COc2ccc(F)cn2)CN1C(=O)c1ccccc1-n1nccn1. The summed E-state index contributed by atoms with van der Waals surface area (Å²) in [5.74, 6) is 0.716. The summed E-state index contributed by atoms with van der Waals surface area (Å²) < 4.78 is 18.7. The van der Waals surface area contributed by atoms with Crippen LogP contribution in [0.4, 0.5) is 4.39 Å². The van der Waals surface area contributed by atoms with Crippen LogP contribution in [-0.4, -0.2) is 61.0 Å². The highest BCUT2D eigenvalue weighted by molar-refractivity contribution is 8.00. The van der Waals surface area contributed by atoms with Crippen LogP contribution < -0.4 is 4.74 Å². The molecule has 0 bridgehead atoms. The molecule has 3 heterocycles. The lowest BCUT2D eigenvalue weighted by atomic mass is 10.1. The zero-order valence-corrected chi connectivity index (χ0v) is 16.6. The van der Waals surface area contributed by atoms with E-state index in [0.717, 1.165) is 11.9 Å². The van der Waals surface area contributed by atoms with Gasteiger partial charge in [-0.1, -0.05) is 12.1 Å². The van der Waals surface area contributed by atoms with E-state index in [2.05, 4.69) is 15.2 Å². The van der Waals surface area contributed by atoms with Crippen LogP contribution in [-0.2, 0) is 0 Å². The molecule has 3 aromatic rings. The van der Waals surface area contributed by atoms with Crippen LogP contribution >= 0.6 is 11.8 Å². The predicted molar refractivity (Wildman–Crippen MR) is 108 cm³/mol. The fraction of sp³-hybridized carbons (Fsp3) is 0.300. The van der Waals surface area contributed by atoms with Crippen LogP contribution in [0.3, 0.4) is 0 Å². The molecular weight excluding hydrogens is 393 g/mol. The third-order valence-corrected chi connectivity index (χ3v) is 6.08. The number of halogens is 1. The van der Waals surface area contributed by atoms with E-state index >= 15 is 0 Å². The average Bonchev–Trinajstić information content (AvgIpc) is 3.28. The number of carbonyl (C=O) groups is 1. The minimum absolute atomic E-state index is 0.0596. The molecule has 1 saturated heterocycles. The maximum absolute atomic E-state index is 13.3. The summed E-state index contributed by atoms with van der Waals surface area (Å²) in [6, 6.07) is 10.2. The molecule has 1 aliphatic heterocycles. The third-order valence-electron chi connectivity index (χ3n) is 4.65. The van der Waals surface area contributed by atoms with Crippen molar-refractivity contribution >= 4 is 17.7 Å². The number of pyridine rings is 1. The number of para-hydroxylation sites is 1. The maximum Gasteiger partial charge on any atom is 0.256 e. The monoisotopic (exact) mass is 413 g/mol. The molecule has 7 nitrogen and oxygen atoms in total. The van der Waals surface area contributed by atoms with E-state index in [9.17, 15) is 9.18 Å². The topological polar surface area (TPSA) is 73.1 Å². The first-order valence-electron chi connectivity index (χ1n) is 9.24. The van der Waals surface area contributed by atoms with Gasteiger partial charge >= 0.3 is 0 Å². The first kappa shape index (κ1) is 19.4. The van der Waals surface area contributed by atoms with E-state index in [1.165, 1.54) is 16.9 Å². The van der Waals surface area contributed by atoms with Crippen LogP contribution in [0, 0.1) is 5.82 Å². The number of aromatic nitrogens is 4. The largest absolute Gasteiger partial charge is 0.476 e. The summed E-state index contributed by atoms with van der Waals surface area (Å²) in [6.45, 7) is 2.98. The van der Waals surface area contributed by atoms with Gasteiger partial charge in [0.1, 0.15) is 12.4 Å². The molecule has 0 saturated carbocycles. The summed E-state index contributed by atoms with van der Waals surface area (Å²) in [7, 11) is 0. The van der Waals surface area contributed by atoms with E-state index < -0.39 is 5.82 Å². The summed E-state index contributed by atoms with van der Waals surface area (Å²) in [4.78, 5) is 20.6. The smallest absolute Gasteiger partial charge is 0.256 e. The van der Waals surface area contributed by atoms with Crippen molar-refractivity contribution in [2.75, 3.05) is 18.9 Å². The average molecular weight is 413 g/mol. The third kappa shape index (κ3) is 4.40. The Kier molecular flexibility index (Phi) is 5.75. The second-order valence-electron chi connectivity index (χ2n) is 6.72. The highest BCUT2D eigenvalue weighted by Crippen LogP contribution is 2.26. The number of nitrogens with zero attached hydrogens (tertiary/aromatic N) is 5. The van der Waals surface area contributed by atoms with Crippen molar-refractivity contribution in [1.29, 1.82) is 0 Å². The van der Waals surface area contributed by atoms with Crippen molar-refractivity contribution in [3.63, 3.8) is 0 Å². The molecule has 0 unspecified atom stereocenters. The van der Waals surface area contributed by atoms with E-state index in [4.69, 9.17) is 4.74 Å². The van der Waals surface area contributed by atoms with Gasteiger partial charge in [-0.15, -0.1) is 0 Å². The van der Waals surface area contributed by atoms with Gasteiger partial charge in [-0.05, 0) is 25.1 Å². The quantitative estimate of drug-likeness (QED) is 0.641. The number of hydrogen-bond donors (Lipinski definition) is 0. The minimum atomic E-state index is -0.402.